The summed E-state index contributed by atoms with van der Waals surface area (Å²) in [5, 5.41) is 4.02. The van der Waals surface area contributed by atoms with Crippen LogP contribution in [0.3, 0.4) is 0 Å². The lowest BCUT2D eigenvalue weighted by molar-refractivity contribution is -0.0498. The Hall–Kier alpha value is -1.95. The molecule has 4 nitrogen and oxygen atoms in total. The Morgan fingerprint density at radius 1 is 1.33 bits per heavy atom. The summed E-state index contributed by atoms with van der Waals surface area (Å²) in [7, 11) is 1.78. The van der Waals surface area contributed by atoms with Gasteiger partial charge in [0.05, 0.1) is 12.2 Å². The molecule has 1 heterocycles. The number of nitrogens with two attached hydrogens (primary N) is 1. The first-order chi connectivity index (χ1) is 8.56. The second kappa shape index (κ2) is 5.14. The van der Waals surface area contributed by atoms with Gasteiger partial charge < -0.3 is 10.5 Å². The van der Waals surface area contributed by atoms with Crippen LogP contribution < -0.4 is 10.5 Å². The summed E-state index contributed by atoms with van der Waals surface area (Å²) in [5.74, 6) is 0.0989. The molecule has 0 saturated carbocycles. The molecule has 6 heteroatoms. The van der Waals surface area contributed by atoms with Gasteiger partial charge in [-0.05, 0) is 17.7 Å². The van der Waals surface area contributed by atoms with Gasteiger partial charge in [-0.1, -0.05) is 12.1 Å². The monoisotopic (exact) mass is 253 g/mol. The molecule has 0 aliphatic heterocycles. The SMILES string of the molecule is Cn1cc(C(N)c2cccc(OC(F)F)c2)cn1. The molecule has 1 unspecified atom stereocenters. The lowest BCUT2D eigenvalue weighted by Gasteiger charge is -2.12. The van der Waals surface area contributed by atoms with Crippen LogP contribution in [0.25, 0.3) is 0 Å². The van der Waals surface area contributed by atoms with E-state index in [0.717, 1.165) is 5.56 Å². The van der Waals surface area contributed by atoms with Crippen molar-refractivity contribution in [2.45, 2.75) is 12.7 Å². The van der Waals surface area contributed by atoms with Crippen LogP contribution in [0.2, 0.25) is 0 Å². The predicted molar refractivity (Wildman–Crippen MR) is 62.3 cm³/mol. The normalized spacial score (nSPS) is 12.7. The van der Waals surface area contributed by atoms with Crippen molar-refractivity contribution in [2.24, 2.45) is 12.8 Å². The van der Waals surface area contributed by atoms with Gasteiger partial charge in [0.25, 0.3) is 0 Å². The van der Waals surface area contributed by atoms with Gasteiger partial charge >= 0.3 is 6.61 Å². The number of benzene rings is 1. The Balaban J connectivity index is 2.22. The van der Waals surface area contributed by atoms with Gasteiger partial charge in [-0.15, -0.1) is 0 Å². The first kappa shape index (κ1) is 12.5. The van der Waals surface area contributed by atoms with Crippen LogP contribution in [0.1, 0.15) is 17.2 Å². The topological polar surface area (TPSA) is 53.1 Å². The van der Waals surface area contributed by atoms with Crippen LogP contribution >= 0.6 is 0 Å². The average Bonchev–Trinajstić information content (AvgIpc) is 2.74. The van der Waals surface area contributed by atoms with Crippen LogP contribution in [0, 0.1) is 0 Å². The van der Waals surface area contributed by atoms with Gasteiger partial charge in [0.15, 0.2) is 0 Å². The number of ether oxygens (including phenoxy) is 1. The Morgan fingerprint density at radius 2 is 2.11 bits per heavy atom. The predicted octanol–water partition coefficient (Wildman–Crippen LogP) is 2.07. The highest BCUT2D eigenvalue weighted by atomic mass is 19.3. The Labute approximate surface area is 103 Å². The molecule has 0 fully saturated rings. The van der Waals surface area contributed by atoms with Gasteiger partial charge in [-0.2, -0.15) is 13.9 Å². The third-order valence-corrected chi connectivity index (χ3v) is 2.53. The molecular weight excluding hydrogens is 240 g/mol. The molecule has 1 atom stereocenters. The number of hydrogen-bond donors (Lipinski definition) is 1. The lowest BCUT2D eigenvalue weighted by Crippen LogP contribution is -2.11. The lowest BCUT2D eigenvalue weighted by atomic mass is 10.0. The minimum atomic E-state index is -2.84. The Bertz CT molecular complexity index is 528. The number of aromatic nitrogens is 2. The first-order valence-corrected chi connectivity index (χ1v) is 5.35. The van der Waals surface area contributed by atoms with E-state index in [-0.39, 0.29) is 5.75 Å². The van der Waals surface area contributed by atoms with Crippen LogP contribution in [0.5, 0.6) is 5.75 Å². The molecule has 2 aromatic rings. The first-order valence-electron chi connectivity index (χ1n) is 5.35. The maximum atomic E-state index is 12.1. The summed E-state index contributed by atoms with van der Waals surface area (Å²) in [4.78, 5) is 0. The number of hydrogen-bond acceptors (Lipinski definition) is 3. The number of rotatable bonds is 4. The third-order valence-electron chi connectivity index (χ3n) is 2.53. The molecule has 96 valence electrons. The van der Waals surface area contributed by atoms with Gasteiger partial charge in [0, 0.05) is 18.8 Å². The van der Waals surface area contributed by atoms with Crippen LogP contribution in [0.4, 0.5) is 8.78 Å². The molecule has 0 spiro atoms. The smallest absolute Gasteiger partial charge is 0.387 e. The van der Waals surface area contributed by atoms with Crippen molar-refractivity contribution in [1.29, 1.82) is 0 Å². The number of alkyl halides is 2. The summed E-state index contributed by atoms with van der Waals surface area (Å²) in [6.45, 7) is -2.84. The summed E-state index contributed by atoms with van der Waals surface area (Å²) in [5.41, 5.74) is 7.54. The molecule has 2 N–H and O–H groups in total. The largest absolute Gasteiger partial charge is 0.435 e. The highest BCUT2D eigenvalue weighted by molar-refractivity contribution is 5.35. The second-order valence-electron chi connectivity index (χ2n) is 3.88. The fourth-order valence-electron chi connectivity index (χ4n) is 1.68. The molecule has 0 aliphatic rings. The van der Waals surface area contributed by atoms with Crippen molar-refractivity contribution in [2.75, 3.05) is 0 Å². The maximum absolute atomic E-state index is 12.1. The number of aryl methyl sites for hydroxylation is 1. The summed E-state index contributed by atoms with van der Waals surface area (Å²) in [6.07, 6.45) is 3.43. The zero-order valence-corrected chi connectivity index (χ0v) is 9.75. The molecule has 0 amide bonds. The average molecular weight is 253 g/mol. The molecule has 2 rings (SSSR count). The van der Waals surface area contributed by atoms with Crippen molar-refractivity contribution < 1.29 is 13.5 Å². The van der Waals surface area contributed by atoms with Gasteiger partial charge in [-0.25, -0.2) is 0 Å². The van der Waals surface area contributed by atoms with E-state index in [1.807, 2.05) is 0 Å². The standard InChI is InChI=1S/C12H13F2N3O/c1-17-7-9(6-16-17)11(15)8-3-2-4-10(5-8)18-12(13)14/h2-7,11-12H,15H2,1H3. The van der Waals surface area contributed by atoms with E-state index in [0.29, 0.717) is 5.56 Å². The molecule has 0 radical (unpaired) electrons. The fourth-order valence-corrected chi connectivity index (χ4v) is 1.68. The minimum Gasteiger partial charge on any atom is -0.435 e. The zero-order chi connectivity index (χ0) is 13.1. The summed E-state index contributed by atoms with van der Waals surface area (Å²) >= 11 is 0. The van der Waals surface area contributed by atoms with E-state index >= 15 is 0 Å². The number of halogens is 2. The Morgan fingerprint density at radius 3 is 2.72 bits per heavy atom. The van der Waals surface area contributed by atoms with Gasteiger partial charge in [0.2, 0.25) is 0 Å². The van der Waals surface area contributed by atoms with E-state index in [2.05, 4.69) is 9.84 Å². The van der Waals surface area contributed by atoms with Crippen LogP contribution in [-0.4, -0.2) is 16.4 Å². The third kappa shape index (κ3) is 2.84. The minimum absolute atomic E-state index is 0.0989. The van der Waals surface area contributed by atoms with Crippen LogP contribution in [0.15, 0.2) is 36.7 Å². The number of nitrogens with zero attached hydrogens (tertiary/aromatic N) is 2. The molecule has 1 aromatic carbocycles. The van der Waals surface area contributed by atoms with E-state index in [1.165, 1.54) is 12.1 Å². The van der Waals surface area contributed by atoms with E-state index in [4.69, 9.17) is 5.73 Å². The fraction of sp³-hybridized carbons (Fsp3) is 0.250. The molecule has 1 aromatic heterocycles. The molecule has 18 heavy (non-hydrogen) atoms. The van der Waals surface area contributed by atoms with E-state index < -0.39 is 12.7 Å². The summed E-state index contributed by atoms with van der Waals surface area (Å²) < 4.78 is 30.2. The van der Waals surface area contributed by atoms with E-state index in [1.54, 1.807) is 36.3 Å². The van der Waals surface area contributed by atoms with Crippen molar-refractivity contribution in [3.8, 4) is 5.75 Å². The van der Waals surface area contributed by atoms with Crippen molar-refractivity contribution >= 4 is 0 Å². The van der Waals surface area contributed by atoms with Crippen LogP contribution in [-0.2, 0) is 7.05 Å². The van der Waals surface area contributed by atoms with Crippen molar-refractivity contribution in [3.63, 3.8) is 0 Å². The molecule has 0 saturated heterocycles. The maximum Gasteiger partial charge on any atom is 0.387 e. The van der Waals surface area contributed by atoms with E-state index in [9.17, 15) is 8.78 Å². The zero-order valence-electron chi connectivity index (χ0n) is 9.75. The highest BCUT2D eigenvalue weighted by Crippen LogP contribution is 2.23. The molecule has 0 aliphatic carbocycles. The Kier molecular flexibility index (Phi) is 3.57. The van der Waals surface area contributed by atoms with Gasteiger partial charge in [-0.3, -0.25) is 4.68 Å². The quantitative estimate of drug-likeness (QED) is 0.907. The highest BCUT2D eigenvalue weighted by Gasteiger charge is 2.12. The second-order valence-corrected chi connectivity index (χ2v) is 3.88. The summed E-state index contributed by atoms with van der Waals surface area (Å²) in [6, 6.07) is 5.94. The van der Waals surface area contributed by atoms with Gasteiger partial charge in [0.1, 0.15) is 5.75 Å². The van der Waals surface area contributed by atoms with Crippen molar-refractivity contribution in [1.82, 2.24) is 9.78 Å². The molecule has 0 bridgehead atoms. The van der Waals surface area contributed by atoms with Crippen molar-refractivity contribution in [3.05, 3.63) is 47.8 Å². The molecular formula is C12H13F2N3O.